The molecule has 3 aromatic rings. The van der Waals surface area contributed by atoms with Crippen molar-refractivity contribution < 1.29 is 4.79 Å². The highest BCUT2D eigenvalue weighted by Gasteiger charge is 2.13. The molecule has 8 heteroatoms. The quantitative estimate of drug-likeness (QED) is 0.461. The summed E-state index contributed by atoms with van der Waals surface area (Å²) in [6.07, 6.45) is 0. The predicted molar refractivity (Wildman–Crippen MR) is 105 cm³/mol. The van der Waals surface area contributed by atoms with Crippen LogP contribution in [-0.2, 0) is 0 Å². The number of halogens is 3. The van der Waals surface area contributed by atoms with Gasteiger partial charge in [-0.1, -0.05) is 59.1 Å². The fourth-order valence-corrected chi connectivity index (χ4v) is 3.06. The summed E-state index contributed by atoms with van der Waals surface area (Å²) in [7, 11) is 0. The normalized spacial score (nSPS) is 11.5. The molecule has 2 aromatic carbocycles. The maximum atomic E-state index is 12.3. The highest BCUT2D eigenvalue weighted by atomic mass is 35.5. The lowest BCUT2D eigenvalue weighted by Gasteiger charge is -2.04. The molecule has 5 nitrogen and oxygen atoms in total. The number of aromatic nitrogens is 2. The molecular formula is C18H13Cl3N4O. The van der Waals surface area contributed by atoms with Crippen molar-refractivity contribution in [2.45, 2.75) is 6.92 Å². The van der Waals surface area contributed by atoms with E-state index >= 15 is 0 Å². The second-order valence-electron chi connectivity index (χ2n) is 5.41. The van der Waals surface area contributed by atoms with Crippen LogP contribution in [-0.4, -0.2) is 21.8 Å². The van der Waals surface area contributed by atoms with E-state index < -0.39 is 5.91 Å². The lowest BCUT2D eigenvalue weighted by atomic mass is 10.1. The molecule has 1 amide bonds. The van der Waals surface area contributed by atoms with Crippen molar-refractivity contribution in [3.8, 4) is 11.3 Å². The summed E-state index contributed by atoms with van der Waals surface area (Å²) >= 11 is 18.2. The van der Waals surface area contributed by atoms with Gasteiger partial charge in [-0.15, -0.1) is 0 Å². The molecular weight excluding hydrogens is 395 g/mol. The van der Waals surface area contributed by atoms with E-state index in [0.29, 0.717) is 32.0 Å². The molecule has 0 bridgehead atoms. The lowest BCUT2D eigenvalue weighted by molar-refractivity contribution is 0.0950. The molecule has 2 N–H and O–H groups in total. The Hall–Kier alpha value is -2.34. The van der Waals surface area contributed by atoms with Crippen LogP contribution in [0.2, 0.25) is 15.1 Å². The predicted octanol–water partition coefficient (Wildman–Crippen LogP) is 5.19. The van der Waals surface area contributed by atoms with Crippen LogP contribution in [0.25, 0.3) is 11.3 Å². The van der Waals surface area contributed by atoms with Gasteiger partial charge in [0.25, 0.3) is 5.91 Å². The van der Waals surface area contributed by atoms with Gasteiger partial charge < -0.3 is 0 Å². The fourth-order valence-electron chi connectivity index (χ4n) is 2.28. The summed E-state index contributed by atoms with van der Waals surface area (Å²) < 4.78 is 0. The molecule has 0 spiro atoms. The van der Waals surface area contributed by atoms with Gasteiger partial charge in [0.1, 0.15) is 5.69 Å². The minimum Gasteiger partial charge on any atom is -0.272 e. The molecule has 0 aliphatic carbocycles. The number of nitrogens with one attached hydrogen (secondary N) is 2. The summed E-state index contributed by atoms with van der Waals surface area (Å²) in [5.74, 6) is -0.430. The highest BCUT2D eigenvalue weighted by molar-refractivity contribution is 6.37. The van der Waals surface area contributed by atoms with Gasteiger partial charge in [-0.05, 0) is 31.2 Å². The molecule has 0 saturated carbocycles. The third kappa shape index (κ3) is 4.07. The maximum absolute atomic E-state index is 12.3. The molecule has 26 heavy (non-hydrogen) atoms. The third-order valence-electron chi connectivity index (χ3n) is 3.62. The topological polar surface area (TPSA) is 70.1 Å². The van der Waals surface area contributed by atoms with Crippen molar-refractivity contribution in [2.75, 3.05) is 0 Å². The number of hydrogen-bond acceptors (Lipinski definition) is 3. The summed E-state index contributed by atoms with van der Waals surface area (Å²) in [4.78, 5) is 12.3. The monoisotopic (exact) mass is 406 g/mol. The maximum Gasteiger partial charge on any atom is 0.289 e. The highest BCUT2D eigenvalue weighted by Crippen LogP contribution is 2.26. The average molecular weight is 408 g/mol. The van der Waals surface area contributed by atoms with Crippen LogP contribution >= 0.6 is 34.8 Å². The lowest BCUT2D eigenvalue weighted by Crippen LogP contribution is -2.19. The van der Waals surface area contributed by atoms with E-state index in [9.17, 15) is 4.79 Å². The molecule has 132 valence electrons. The van der Waals surface area contributed by atoms with E-state index in [1.807, 2.05) is 18.2 Å². The first-order chi connectivity index (χ1) is 12.5. The van der Waals surface area contributed by atoms with Crippen LogP contribution in [0.1, 0.15) is 23.0 Å². The molecule has 1 aromatic heterocycles. The molecule has 0 atom stereocenters. The Morgan fingerprint density at radius 1 is 1.08 bits per heavy atom. The van der Waals surface area contributed by atoms with Crippen LogP contribution < -0.4 is 5.43 Å². The summed E-state index contributed by atoms with van der Waals surface area (Å²) in [5, 5.41) is 12.4. The van der Waals surface area contributed by atoms with E-state index in [1.54, 1.807) is 37.3 Å². The van der Waals surface area contributed by atoms with Crippen LogP contribution in [0.15, 0.2) is 53.6 Å². The van der Waals surface area contributed by atoms with Crippen LogP contribution in [0, 0.1) is 0 Å². The molecule has 0 fully saturated rings. The van der Waals surface area contributed by atoms with Gasteiger partial charge >= 0.3 is 0 Å². The Balaban J connectivity index is 1.75. The fraction of sp³-hybridized carbons (Fsp3) is 0.0556. The minimum absolute atomic E-state index is 0.263. The molecule has 0 unspecified atom stereocenters. The van der Waals surface area contributed by atoms with Crippen molar-refractivity contribution in [3.05, 3.63) is 74.9 Å². The van der Waals surface area contributed by atoms with E-state index in [4.69, 9.17) is 34.8 Å². The number of carbonyl (C=O) groups excluding carboxylic acids is 1. The van der Waals surface area contributed by atoms with E-state index in [1.165, 1.54) is 0 Å². The van der Waals surface area contributed by atoms with Crippen molar-refractivity contribution in [1.82, 2.24) is 15.6 Å². The Bertz CT molecular complexity index is 998. The molecule has 1 heterocycles. The minimum atomic E-state index is -0.430. The number of hydrogen-bond donors (Lipinski definition) is 2. The van der Waals surface area contributed by atoms with Crippen molar-refractivity contribution in [1.29, 1.82) is 0 Å². The van der Waals surface area contributed by atoms with Gasteiger partial charge in [0.15, 0.2) is 0 Å². The van der Waals surface area contributed by atoms with Crippen molar-refractivity contribution in [3.63, 3.8) is 0 Å². The summed E-state index contributed by atoms with van der Waals surface area (Å²) in [5.41, 5.74) is 5.26. The zero-order chi connectivity index (χ0) is 18.7. The molecule has 0 aliphatic rings. The molecule has 0 radical (unpaired) electrons. The second kappa shape index (κ2) is 7.91. The first kappa shape index (κ1) is 18.5. The van der Waals surface area contributed by atoms with Gasteiger partial charge in [0.05, 0.1) is 21.5 Å². The number of amides is 1. The third-order valence-corrected chi connectivity index (χ3v) is 4.50. The Kier molecular flexibility index (Phi) is 5.61. The van der Waals surface area contributed by atoms with Gasteiger partial charge in [-0.25, -0.2) is 5.43 Å². The number of H-pyrrole nitrogens is 1. The van der Waals surface area contributed by atoms with E-state index in [-0.39, 0.29) is 5.69 Å². The SMILES string of the molecule is CC(=NNC(=O)c1cc(-c2ccccc2Cl)n[nH]1)c1ccc(Cl)cc1Cl. The smallest absolute Gasteiger partial charge is 0.272 e. The number of hydrazone groups is 1. The Morgan fingerprint density at radius 2 is 1.85 bits per heavy atom. The number of benzene rings is 2. The second-order valence-corrected chi connectivity index (χ2v) is 6.66. The zero-order valence-corrected chi connectivity index (χ0v) is 15.8. The standard InChI is InChI=1S/C18H13Cl3N4O/c1-10(12-7-6-11(19)8-15(12)21)22-25-18(26)17-9-16(23-24-17)13-4-2-3-5-14(13)20/h2-9H,1H3,(H,23,24)(H,25,26). The van der Waals surface area contributed by atoms with Crippen molar-refractivity contribution in [2.24, 2.45) is 5.10 Å². The largest absolute Gasteiger partial charge is 0.289 e. The molecule has 0 saturated heterocycles. The van der Waals surface area contributed by atoms with E-state index in [0.717, 1.165) is 5.56 Å². The summed E-state index contributed by atoms with van der Waals surface area (Å²) in [6, 6.07) is 13.9. The first-order valence-corrected chi connectivity index (χ1v) is 8.69. The summed E-state index contributed by atoms with van der Waals surface area (Å²) in [6.45, 7) is 1.73. The molecule has 3 rings (SSSR count). The van der Waals surface area contributed by atoms with Crippen molar-refractivity contribution >= 4 is 46.4 Å². The average Bonchev–Trinajstić information content (AvgIpc) is 3.09. The Labute approximate surface area is 165 Å². The van der Waals surface area contributed by atoms with Gasteiger partial charge in [-0.3, -0.25) is 9.89 Å². The number of nitrogens with zero attached hydrogens (tertiary/aromatic N) is 2. The number of aromatic amines is 1. The zero-order valence-electron chi connectivity index (χ0n) is 13.6. The number of rotatable bonds is 4. The van der Waals surface area contributed by atoms with Crippen LogP contribution in [0.4, 0.5) is 0 Å². The van der Waals surface area contributed by atoms with Crippen LogP contribution in [0.5, 0.6) is 0 Å². The van der Waals surface area contributed by atoms with E-state index in [2.05, 4.69) is 20.7 Å². The number of carbonyl (C=O) groups is 1. The first-order valence-electron chi connectivity index (χ1n) is 7.56. The Morgan fingerprint density at radius 3 is 2.58 bits per heavy atom. The van der Waals surface area contributed by atoms with Crippen LogP contribution in [0.3, 0.4) is 0 Å². The van der Waals surface area contributed by atoms with Gasteiger partial charge in [0, 0.05) is 16.1 Å². The van der Waals surface area contributed by atoms with Gasteiger partial charge in [-0.2, -0.15) is 10.2 Å². The van der Waals surface area contributed by atoms with Gasteiger partial charge in [0.2, 0.25) is 0 Å². The molecule has 0 aliphatic heterocycles.